The predicted octanol–water partition coefficient (Wildman–Crippen LogP) is 4.96. The van der Waals surface area contributed by atoms with Crippen molar-refractivity contribution in [2.24, 2.45) is 0 Å². The molecule has 0 aliphatic rings. The summed E-state index contributed by atoms with van der Waals surface area (Å²) in [6.07, 6.45) is 0. The molecule has 168 valence electrons. The summed E-state index contributed by atoms with van der Waals surface area (Å²) in [6.45, 7) is 6.59. The Bertz CT molecular complexity index is 1490. The van der Waals surface area contributed by atoms with Gasteiger partial charge in [0.1, 0.15) is 5.82 Å². The highest BCUT2D eigenvalue weighted by Crippen LogP contribution is 2.25. The lowest BCUT2D eigenvalue weighted by Gasteiger charge is -2.13. The van der Waals surface area contributed by atoms with Crippen molar-refractivity contribution in [3.8, 4) is 5.69 Å². The molecule has 33 heavy (non-hydrogen) atoms. The molecule has 2 aromatic carbocycles. The summed E-state index contributed by atoms with van der Waals surface area (Å²) < 4.78 is 15.6. The number of aryl methyl sites for hydroxylation is 2. The van der Waals surface area contributed by atoms with E-state index in [2.05, 4.69) is 9.97 Å². The Kier molecular flexibility index (Phi) is 6.03. The normalized spacial score (nSPS) is 11.2. The third-order valence-electron chi connectivity index (χ3n) is 5.56. The summed E-state index contributed by atoms with van der Waals surface area (Å²) in [4.78, 5) is 45.8. The molecule has 0 bridgehead atoms. The van der Waals surface area contributed by atoms with Crippen molar-refractivity contribution < 1.29 is 14.0 Å². The molecule has 0 radical (unpaired) electrons. The van der Waals surface area contributed by atoms with Crippen LogP contribution in [0.25, 0.3) is 16.6 Å². The van der Waals surface area contributed by atoms with Crippen LogP contribution in [0.4, 0.5) is 4.39 Å². The summed E-state index contributed by atoms with van der Waals surface area (Å²) in [5.41, 5.74) is 3.07. The first-order valence-electron chi connectivity index (χ1n) is 10.3. The molecule has 2 aromatic heterocycles. The van der Waals surface area contributed by atoms with Gasteiger partial charge in [-0.25, -0.2) is 9.37 Å². The molecule has 1 N–H and O–H groups in total. The first kappa shape index (κ1) is 22.7. The van der Waals surface area contributed by atoms with E-state index >= 15 is 0 Å². The summed E-state index contributed by atoms with van der Waals surface area (Å²) in [5, 5.41) is 0.680. The van der Waals surface area contributed by atoms with Gasteiger partial charge in [-0.05, 0) is 63.1 Å². The molecule has 0 saturated heterocycles. The van der Waals surface area contributed by atoms with Crippen LogP contribution in [-0.2, 0) is 0 Å². The molecular formula is C25H22FN3O3S. The highest BCUT2D eigenvalue weighted by Gasteiger charge is 2.21. The largest absolute Gasteiger partial charge is 0.355 e. The predicted molar refractivity (Wildman–Crippen MR) is 127 cm³/mol. The fraction of sp³-hybridized carbons (Fsp3) is 0.200. The second-order valence-corrected chi connectivity index (χ2v) is 8.82. The average Bonchev–Trinajstić information content (AvgIpc) is 3.08. The number of nitrogens with zero attached hydrogens (tertiary/aromatic N) is 2. The topological polar surface area (TPSA) is 84.8 Å². The number of hydrogen-bond acceptors (Lipinski definition) is 5. The Morgan fingerprint density at radius 2 is 1.85 bits per heavy atom. The van der Waals surface area contributed by atoms with E-state index in [1.54, 1.807) is 57.2 Å². The van der Waals surface area contributed by atoms with Gasteiger partial charge in [-0.3, -0.25) is 19.0 Å². The highest BCUT2D eigenvalue weighted by molar-refractivity contribution is 7.99. The highest BCUT2D eigenvalue weighted by atomic mass is 32.2. The number of ketones is 2. The van der Waals surface area contributed by atoms with Crippen molar-refractivity contribution in [1.29, 1.82) is 0 Å². The van der Waals surface area contributed by atoms with Crippen molar-refractivity contribution in [1.82, 2.24) is 14.5 Å². The van der Waals surface area contributed by atoms with Crippen LogP contribution >= 0.6 is 11.8 Å². The van der Waals surface area contributed by atoms with E-state index in [4.69, 9.17) is 0 Å². The number of carbonyl (C=O) groups is 2. The minimum Gasteiger partial charge on any atom is -0.355 e. The number of carbonyl (C=O) groups excluding carboxylic acids is 2. The molecule has 0 atom stereocenters. The van der Waals surface area contributed by atoms with E-state index in [1.165, 1.54) is 17.6 Å². The number of fused-ring (bicyclic) bond motifs is 1. The van der Waals surface area contributed by atoms with Gasteiger partial charge in [-0.15, -0.1) is 0 Å². The van der Waals surface area contributed by atoms with Crippen LogP contribution in [-0.4, -0.2) is 31.9 Å². The molecule has 0 aliphatic heterocycles. The number of H-pyrrole nitrogens is 1. The standard InChI is InChI=1S/C25H22FN3O3S/c1-13-9-10-17(11-19(13)26)29-24(32)18-7-5-6-8-20(18)28-25(29)33-12-21(31)23-14(2)22(16(4)30)15(3)27-23/h5-11,27H,12H2,1-4H3. The molecule has 4 aromatic rings. The van der Waals surface area contributed by atoms with Crippen molar-refractivity contribution in [3.05, 3.63) is 86.7 Å². The zero-order chi connectivity index (χ0) is 23.9. The minimum atomic E-state index is -0.436. The Morgan fingerprint density at radius 1 is 1.12 bits per heavy atom. The molecule has 0 spiro atoms. The molecule has 6 nitrogen and oxygen atoms in total. The zero-order valence-corrected chi connectivity index (χ0v) is 19.5. The molecule has 0 amide bonds. The number of aromatic amines is 1. The summed E-state index contributed by atoms with van der Waals surface area (Å²) in [7, 11) is 0. The number of nitrogens with one attached hydrogen (secondary N) is 1. The van der Waals surface area contributed by atoms with Crippen molar-refractivity contribution >= 4 is 34.2 Å². The van der Waals surface area contributed by atoms with Crippen molar-refractivity contribution in [2.45, 2.75) is 32.9 Å². The number of Topliss-reactive ketones (excluding diaryl/α,β-unsaturated/α-hetero) is 2. The van der Waals surface area contributed by atoms with Gasteiger partial charge in [0.2, 0.25) is 0 Å². The van der Waals surface area contributed by atoms with E-state index in [9.17, 15) is 18.8 Å². The summed E-state index contributed by atoms with van der Waals surface area (Å²) in [6, 6.07) is 11.4. The van der Waals surface area contributed by atoms with Crippen LogP contribution in [0.15, 0.2) is 52.4 Å². The van der Waals surface area contributed by atoms with Crippen LogP contribution < -0.4 is 5.56 Å². The van der Waals surface area contributed by atoms with Crippen LogP contribution in [0.3, 0.4) is 0 Å². The second-order valence-electron chi connectivity index (χ2n) is 7.88. The SMILES string of the molecule is CC(=O)c1c(C)[nH]c(C(=O)CSc2nc3ccccc3c(=O)n2-c2ccc(C)c(F)c2)c1C. The van der Waals surface area contributed by atoms with Gasteiger partial charge in [0.15, 0.2) is 16.7 Å². The van der Waals surface area contributed by atoms with Crippen LogP contribution in [0.2, 0.25) is 0 Å². The monoisotopic (exact) mass is 463 g/mol. The average molecular weight is 464 g/mol. The van der Waals surface area contributed by atoms with Crippen molar-refractivity contribution in [3.63, 3.8) is 0 Å². The van der Waals surface area contributed by atoms with Crippen LogP contribution in [0.5, 0.6) is 0 Å². The van der Waals surface area contributed by atoms with E-state index in [1.807, 2.05) is 0 Å². The minimum absolute atomic E-state index is 0.0166. The molecule has 0 fully saturated rings. The number of aromatic nitrogens is 3. The van der Waals surface area contributed by atoms with E-state index in [0.29, 0.717) is 44.7 Å². The van der Waals surface area contributed by atoms with Crippen LogP contribution in [0, 0.1) is 26.6 Å². The Morgan fingerprint density at radius 3 is 2.52 bits per heavy atom. The lowest BCUT2D eigenvalue weighted by molar-refractivity contribution is 0.101. The smallest absolute Gasteiger partial charge is 0.266 e. The molecule has 0 saturated carbocycles. The van der Waals surface area contributed by atoms with Gasteiger partial charge < -0.3 is 4.98 Å². The molecular weight excluding hydrogens is 441 g/mol. The zero-order valence-electron chi connectivity index (χ0n) is 18.7. The number of halogens is 1. The fourth-order valence-corrected chi connectivity index (χ4v) is 4.80. The van der Waals surface area contributed by atoms with E-state index in [0.717, 1.165) is 11.8 Å². The van der Waals surface area contributed by atoms with Gasteiger partial charge in [-0.1, -0.05) is 30.0 Å². The maximum absolute atomic E-state index is 14.3. The Labute approximate surface area is 193 Å². The van der Waals surface area contributed by atoms with Crippen molar-refractivity contribution in [2.75, 3.05) is 5.75 Å². The first-order valence-corrected chi connectivity index (χ1v) is 11.3. The molecule has 4 rings (SSSR count). The summed E-state index contributed by atoms with van der Waals surface area (Å²) in [5.74, 6) is -0.789. The quantitative estimate of drug-likeness (QED) is 0.248. The Hall–Kier alpha value is -3.52. The van der Waals surface area contributed by atoms with Crippen LogP contribution in [0.1, 0.15) is 44.6 Å². The van der Waals surface area contributed by atoms with Gasteiger partial charge in [0, 0.05) is 11.3 Å². The maximum Gasteiger partial charge on any atom is 0.266 e. The fourth-order valence-electron chi connectivity index (χ4n) is 3.92. The number of thioether (sulfide) groups is 1. The van der Waals surface area contributed by atoms with Gasteiger partial charge in [0.25, 0.3) is 5.56 Å². The lowest BCUT2D eigenvalue weighted by Crippen LogP contribution is -2.22. The molecule has 0 unspecified atom stereocenters. The van der Waals surface area contributed by atoms with Gasteiger partial charge >= 0.3 is 0 Å². The van der Waals surface area contributed by atoms with Gasteiger partial charge in [0.05, 0.1) is 28.0 Å². The lowest BCUT2D eigenvalue weighted by atomic mass is 10.1. The number of hydrogen-bond donors (Lipinski definition) is 1. The first-order chi connectivity index (χ1) is 15.7. The number of rotatable bonds is 6. The molecule has 2 heterocycles. The second kappa shape index (κ2) is 8.78. The maximum atomic E-state index is 14.3. The number of para-hydroxylation sites is 1. The Balaban J connectivity index is 1.77. The molecule has 8 heteroatoms. The third-order valence-corrected chi connectivity index (χ3v) is 6.50. The van der Waals surface area contributed by atoms with E-state index < -0.39 is 5.82 Å². The number of benzene rings is 2. The third kappa shape index (κ3) is 4.14. The van der Waals surface area contributed by atoms with Gasteiger partial charge in [-0.2, -0.15) is 0 Å². The molecule has 0 aliphatic carbocycles. The van der Waals surface area contributed by atoms with E-state index in [-0.39, 0.29) is 28.0 Å². The summed E-state index contributed by atoms with van der Waals surface area (Å²) >= 11 is 1.09.